The third kappa shape index (κ3) is 7.15. The molecule has 4 fully saturated rings. The highest BCUT2D eigenvalue weighted by molar-refractivity contribution is 5.97. The minimum Gasteiger partial charge on any atom is -0.496 e. The molecule has 7 atom stereocenters. The van der Waals surface area contributed by atoms with Crippen molar-refractivity contribution < 1.29 is 19.4 Å². The number of benzene rings is 3. The quantitative estimate of drug-likeness (QED) is 0.212. The summed E-state index contributed by atoms with van der Waals surface area (Å²) in [7, 11) is 5.62. The van der Waals surface area contributed by atoms with Crippen molar-refractivity contribution in [2.45, 2.75) is 78.1 Å². The minimum atomic E-state index is -0.592. The number of amides is 2. The van der Waals surface area contributed by atoms with Crippen LogP contribution in [0.2, 0.25) is 0 Å². The average Bonchev–Trinajstić information content (AvgIpc) is 3.53. The normalized spacial score (nSPS) is 26.1. The maximum atomic E-state index is 14.1. The Morgan fingerprint density at radius 2 is 1.82 bits per heavy atom. The molecule has 8 nitrogen and oxygen atoms in total. The van der Waals surface area contributed by atoms with Crippen molar-refractivity contribution in [3.63, 3.8) is 0 Å². The van der Waals surface area contributed by atoms with E-state index in [0.29, 0.717) is 48.4 Å². The topological polar surface area (TPSA) is 94.1 Å². The Bertz CT molecular complexity index is 1670. The van der Waals surface area contributed by atoms with Crippen molar-refractivity contribution >= 4 is 17.5 Å². The first-order valence-corrected chi connectivity index (χ1v) is 18.4. The van der Waals surface area contributed by atoms with Crippen LogP contribution in [-0.2, 0) is 17.8 Å². The number of aliphatic hydroxyl groups excluding tert-OH is 1. The predicted molar refractivity (Wildman–Crippen MR) is 200 cm³/mol. The highest BCUT2D eigenvalue weighted by Gasteiger charge is 2.57. The molecule has 0 radical (unpaired) electrons. The SMILES string of the molecule is COc1c(CN2CC[C@@H]([C@H](C)O)C2C(=O)NC2C[C@H]3C[C@@H]([C@@H]2C)C3(C)C)cccc1-c1cc(C(=O)NCCc2ccccc2)cc(N(C)C)c1. The Morgan fingerprint density at radius 3 is 2.48 bits per heavy atom. The van der Waals surface area contributed by atoms with E-state index < -0.39 is 12.1 Å². The van der Waals surface area contributed by atoms with Gasteiger partial charge in [0.2, 0.25) is 5.91 Å². The predicted octanol–water partition coefficient (Wildman–Crippen LogP) is 6.16. The number of ether oxygens (including phenoxy) is 1. The number of hydrogen-bond acceptors (Lipinski definition) is 6. The van der Waals surface area contributed by atoms with E-state index in [-0.39, 0.29) is 23.8 Å². The lowest BCUT2D eigenvalue weighted by Gasteiger charge is -2.62. The van der Waals surface area contributed by atoms with Gasteiger partial charge >= 0.3 is 0 Å². The number of hydrogen-bond donors (Lipinski definition) is 3. The first-order valence-electron chi connectivity index (χ1n) is 18.4. The molecule has 1 saturated heterocycles. The number of methoxy groups -OCH3 is 1. The fourth-order valence-electron chi connectivity index (χ4n) is 9.15. The van der Waals surface area contributed by atoms with Crippen LogP contribution in [0.4, 0.5) is 5.69 Å². The summed E-state index contributed by atoms with van der Waals surface area (Å²) in [5.41, 5.74) is 5.76. The van der Waals surface area contributed by atoms with E-state index in [4.69, 9.17) is 4.74 Å². The van der Waals surface area contributed by atoms with Gasteiger partial charge in [-0.2, -0.15) is 0 Å². The van der Waals surface area contributed by atoms with Gasteiger partial charge in [-0.1, -0.05) is 69.3 Å². The van der Waals surface area contributed by atoms with Crippen LogP contribution >= 0.6 is 0 Å². The van der Waals surface area contributed by atoms with Crippen molar-refractivity contribution in [1.82, 2.24) is 15.5 Å². The summed E-state index contributed by atoms with van der Waals surface area (Å²) in [4.78, 5) is 31.8. The largest absolute Gasteiger partial charge is 0.496 e. The fourth-order valence-corrected chi connectivity index (χ4v) is 9.15. The Kier molecular flexibility index (Phi) is 10.6. The van der Waals surface area contributed by atoms with E-state index in [1.165, 1.54) is 12.0 Å². The van der Waals surface area contributed by atoms with Crippen LogP contribution < -0.4 is 20.3 Å². The van der Waals surface area contributed by atoms with Crippen molar-refractivity contribution in [2.75, 3.05) is 39.2 Å². The summed E-state index contributed by atoms with van der Waals surface area (Å²) in [6.07, 6.45) is 3.21. The third-order valence-electron chi connectivity index (χ3n) is 12.3. The van der Waals surface area contributed by atoms with Crippen LogP contribution in [0.15, 0.2) is 66.7 Å². The van der Waals surface area contributed by atoms with Gasteiger partial charge < -0.3 is 25.4 Å². The number of carbonyl (C=O) groups is 2. The first kappa shape index (κ1) is 35.9. The molecule has 2 unspecified atom stereocenters. The van der Waals surface area contributed by atoms with Crippen LogP contribution in [-0.4, -0.2) is 74.3 Å². The molecule has 2 amide bonds. The van der Waals surface area contributed by atoms with Gasteiger partial charge in [0.05, 0.1) is 19.3 Å². The van der Waals surface area contributed by atoms with E-state index in [0.717, 1.165) is 47.4 Å². The Morgan fingerprint density at radius 1 is 1.06 bits per heavy atom. The maximum Gasteiger partial charge on any atom is 0.251 e. The lowest BCUT2D eigenvalue weighted by atomic mass is 9.45. The molecular formula is C42H56N4O4. The van der Waals surface area contributed by atoms with Crippen molar-refractivity contribution in [1.29, 1.82) is 0 Å². The molecule has 3 aliphatic carbocycles. The first-order chi connectivity index (χ1) is 23.9. The molecule has 3 aromatic carbocycles. The molecule has 4 aliphatic rings. The standard InChI is InChI=1S/C42H56N4O4/c1-26-36-23-32(42(36,3)4)24-37(26)44-41(49)38-34(27(2)47)17-19-46(38)25-29-14-11-15-35(39(29)50-7)30-20-31(22-33(21-30)45(5)6)40(48)43-18-16-28-12-9-8-10-13-28/h8-15,20-22,26-27,32,34,36-38,47H,16-19,23-25H2,1-7H3,(H,43,48)(H,44,49)/t26-,27-,32+,34-,36-,37?,38?/m0/s1. The summed E-state index contributed by atoms with van der Waals surface area (Å²) in [5.74, 6) is 2.21. The van der Waals surface area contributed by atoms with Crippen LogP contribution in [0, 0.1) is 29.1 Å². The molecule has 0 spiro atoms. The zero-order valence-corrected chi connectivity index (χ0v) is 30.9. The molecule has 0 aromatic heterocycles. The second-order valence-corrected chi connectivity index (χ2v) is 15.8. The molecule has 3 saturated carbocycles. The van der Waals surface area contributed by atoms with Gasteiger partial charge in [0, 0.05) is 61.5 Å². The van der Waals surface area contributed by atoms with Crippen LogP contribution in [0.1, 0.15) is 68.4 Å². The number of carbonyl (C=O) groups excluding carboxylic acids is 2. The number of fused-ring (bicyclic) bond motifs is 2. The van der Waals surface area contributed by atoms with Crippen molar-refractivity contribution in [3.8, 4) is 16.9 Å². The summed E-state index contributed by atoms with van der Waals surface area (Å²) in [6.45, 7) is 10.6. The monoisotopic (exact) mass is 680 g/mol. The number of rotatable bonds is 12. The van der Waals surface area contributed by atoms with Crippen molar-refractivity contribution in [3.05, 3.63) is 83.4 Å². The molecule has 1 heterocycles. The lowest BCUT2D eigenvalue weighted by Crippen LogP contribution is -2.62. The van der Waals surface area contributed by atoms with Crippen LogP contribution in [0.5, 0.6) is 5.75 Å². The lowest BCUT2D eigenvalue weighted by molar-refractivity contribution is -0.139. The second-order valence-electron chi connectivity index (χ2n) is 15.8. The van der Waals surface area contributed by atoms with E-state index in [1.807, 2.05) is 68.4 Å². The smallest absolute Gasteiger partial charge is 0.251 e. The van der Waals surface area contributed by atoms with Gasteiger partial charge in [-0.3, -0.25) is 14.5 Å². The second kappa shape index (κ2) is 14.8. The highest BCUT2D eigenvalue weighted by Crippen LogP contribution is 2.61. The summed E-state index contributed by atoms with van der Waals surface area (Å²) in [5, 5.41) is 17.4. The summed E-state index contributed by atoms with van der Waals surface area (Å²) >= 11 is 0. The molecule has 1 aliphatic heterocycles. The van der Waals surface area contributed by atoms with Gasteiger partial charge in [-0.15, -0.1) is 0 Å². The van der Waals surface area contributed by atoms with Gasteiger partial charge in [0.25, 0.3) is 5.91 Å². The maximum absolute atomic E-state index is 14.1. The number of nitrogens with one attached hydrogen (secondary N) is 2. The van der Waals surface area contributed by atoms with E-state index >= 15 is 0 Å². The number of aliphatic hydroxyl groups is 1. The average molecular weight is 681 g/mol. The zero-order chi connectivity index (χ0) is 35.7. The number of para-hydroxylation sites is 1. The zero-order valence-electron chi connectivity index (χ0n) is 30.9. The van der Waals surface area contributed by atoms with E-state index in [1.54, 1.807) is 7.11 Å². The van der Waals surface area contributed by atoms with Gasteiger partial charge in [-0.05, 0) is 91.6 Å². The molecule has 2 bridgehead atoms. The van der Waals surface area contributed by atoms with Gasteiger partial charge in [0.15, 0.2) is 0 Å². The molecule has 7 rings (SSSR count). The molecule has 268 valence electrons. The molecule has 3 N–H and O–H groups in total. The number of anilines is 1. The van der Waals surface area contributed by atoms with Gasteiger partial charge in [-0.25, -0.2) is 0 Å². The Hall–Kier alpha value is -3.88. The number of likely N-dealkylation sites (tertiary alicyclic amines) is 1. The minimum absolute atomic E-state index is 0.0288. The summed E-state index contributed by atoms with van der Waals surface area (Å²) in [6, 6.07) is 21.9. The molecule has 3 aromatic rings. The van der Waals surface area contributed by atoms with Crippen LogP contribution in [0.3, 0.4) is 0 Å². The fraction of sp³-hybridized carbons (Fsp3) is 0.524. The van der Waals surface area contributed by atoms with Gasteiger partial charge in [0.1, 0.15) is 5.75 Å². The number of nitrogens with zero attached hydrogens (tertiary/aromatic N) is 2. The van der Waals surface area contributed by atoms with E-state index in [2.05, 4.69) is 60.6 Å². The van der Waals surface area contributed by atoms with Crippen LogP contribution in [0.25, 0.3) is 11.1 Å². The highest BCUT2D eigenvalue weighted by atomic mass is 16.5. The van der Waals surface area contributed by atoms with Crippen molar-refractivity contribution in [2.24, 2.45) is 29.1 Å². The molecular weight excluding hydrogens is 624 g/mol. The molecule has 8 heteroatoms. The Balaban J connectivity index is 1.23. The molecule has 50 heavy (non-hydrogen) atoms. The third-order valence-corrected chi connectivity index (χ3v) is 12.3. The Labute approximate surface area is 298 Å². The summed E-state index contributed by atoms with van der Waals surface area (Å²) < 4.78 is 6.11. The van der Waals surface area contributed by atoms with E-state index in [9.17, 15) is 14.7 Å².